The molecule has 7 aliphatic carbocycles. The first-order chi connectivity index (χ1) is 20.1. The Morgan fingerprint density at radius 3 is 2.32 bits per heavy atom. The fourth-order valence-electron chi connectivity index (χ4n) is 11.2. The summed E-state index contributed by atoms with van der Waals surface area (Å²) in [5.41, 5.74) is 9.19. The van der Waals surface area contributed by atoms with Crippen LogP contribution in [0.15, 0.2) is 70.6 Å². The van der Waals surface area contributed by atoms with E-state index >= 15 is 0 Å². The largest absolute Gasteiger partial charge is 0.365 e. The molecule has 0 aromatic rings. The molecule has 6 unspecified atom stereocenters. The highest BCUT2D eigenvalue weighted by Gasteiger charge is 2.52. The lowest BCUT2D eigenvalue weighted by Gasteiger charge is -2.45. The van der Waals surface area contributed by atoms with Gasteiger partial charge in [0.1, 0.15) is 0 Å². The van der Waals surface area contributed by atoms with Crippen molar-refractivity contribution in [3.05, 3.63) is 70.6 Å². The van der Waals surface area contributed by atoms with E-state index in [-0.39, 0.29) is 5.41 Å². The van der Waals surface area contributed by atoms with Crippen molar-refractivity contribution in [2.24, 2.45) is 23.2 Å². The fourth-order valence-corrected chi connectivity index (χ4v) is 11.2. The van der Waals surface area contributed by atoms with Crippen molar-refractivity contribution in [1.82, 2.24) is 9.80 Å². The van der Waals surface area contributed by atoms with Crippen molar-refractivity contribution in [3.8, 4) is 0 Å². The van der Waals surface area contributed by atoms with Gasteiger partial charge in [-0.25, -0.2) is 0 Å². The molecule has 1 heterocycles. The Morgan fingerprint density at radius 1 is 0.707 bits per heavy atom. The minimum absolute atomic E-state index is 0.209. The van der Waals surface area contributed by atoms with Crippen LogP contribution in [0.1, 0.15) is 123 Å². The van der Waals surface area contributed by atoms with E-state index in [0.717, 1.165) is 23.8 Å². The van der Waals surface area contributed by atoms with E-state index in [1.54, 1.807) is 11.4 Å². The average molecular weight is 551 g/mol. The van der Waals surface area contributed by atoms with Gasteiger partial charge in [0.15, 0.2) is 0 Å². The quantitative estimate of drug-likeness (QED) is 0.321. The maximum Gasteiger partial charge on any atom is 0.0476 e. The molecule has 1 saturated carbocycles. The van der Waals surface area contributed by atoms with Gasteiger partial charge in [-0.3, -0.25) is 0 Å². The second-order valence-electron chi connectivity index (χ2n) is 15.4. The van der Waals surface area contributed by atoms with Crippen LogP contribution in [-0.4, -0.2) is 34.0 Å². The molecular formula is C39H54N2. The van der Waals surface area contributed by atoms with Gasteiger partial charge >= 0.3 is 0 Å². The van der Waals surface area contributed by atoms with E-state index in [1.807, 2.05) is 16.7 Å². The minimum atomic E-state index is 0.209. The van der Waals surface area contributed by atoms with Crippen molar-refractivity contribution in [3.63, 3.8) is 0 Å². The van der Waals surface area contributed by atoms with E-state index in [2.05, 4.69) is 66.2 Å². The highest BCUT2D eigenvalue weighted by molar-refractivity contribution is 5.44. The minimum Gasteiger partial charge on any atom is -0.365 e. The number of rotatable bonds is 4. The molecule has 1 fully saturated rings. The monoisotopic (exact) mass is 550 g/mol. The maximum absolute atomic E-state index is 3.01. The molecule has 0 bridgehead atoms. The molecule has 8 aliphatic rings. The van der Waals surface area contributed by atoms with Crippen LogP contribution in [-0.2, 0) is 0 Å². The summed E-state index contributed by atoms with van der Waals surface area (Å²) in [6.07, 6.45) is 41.0. The summed E-state index contributed by atoms with van der Waals surface area (Å²) in [7, 11) is 0. The number of hydrogen-bond donors (Lipinski definition) is 0. The summed E-state index contributed by atoms with van der Waals surface area (Å²) in [4.78, 5) is 5.97. The Labute approximate surface area is 250 Å². The van der Waals surface area contributed by atoms with Crippen LogP contribution in [0.25, 0.3) is 0 Å². The van der Waals surface area contributed by atoms with Gasteiger partial charge in [0.25, 0.3) is 0 Å². The summed E-state index contributed by atoms with van der Waals surface area (Å²) < 4.78 is 0. The van der Waals surface area contributed by atoms with E-state index in [9.17, 15) is 0 Å². The second kappa shape index (κ2) is 10.6. The summed E-state index contributed by atoms with van der Waals surface area (Å²) in [5, 5.41) is 0. The smallest absolute Gasteiger partial charge is 0.0476 e. The molecule has 0 saturated heterocycles. The van der Waals surface area contributed by atoms with Crippen molar-refractivity contribution in [2.75, 3.05) is 0 Å². The lowest BCUT2D eigenvalue weighted by molar-refractivity contribution is 0.159. The van der Waals surface area contributed by atoms with Crippen molar-refractivity contribution < 1.29 is 0 Å². The molecule has 8 rings (SSSR count). The number of fused-ring (bicyclic) bond motifs is 5. The van der Waals surface area contributed by atoms with Crippen LogP contribution >= 0.6 is 0 Å². The number of nitrogens with zero attached hydrogens (tertiary/aromatic N) is 2. The molecule has 0 amide bonds. The van der Waals surface area contributed by atoms with Gasteiger partial charge in [0, 0.05) is 46.9 Å². The molecule has 0 radical (unpaired) electrons. The third-order valence-corrected chi connectivity index (χ3v) is 13.0. The summed E-state index contributed by atoms with van der Waals surface area (Å²) in [6.45, 7) is 5.22. The predicted octanol–water partition coefficient (Wildman–Crippen LogP) is 9.78. The van der Waals surface area contributed by atoms with E-state index in [4.69, 9.17) is 0 Å². The number of hydrogen-bond acceptors (Lipinski definition) is 2. The zero-order valence-electron chi connectivity index (χ0n) is 26.0. The highest BCUT2D eigenvalue weighted by atomic mass is 15.2. The van der Waals surface area contributed by atoms with E-state index < -0.39 is 0 Å². The Balaban J connectivity index is 1.11. The fraction of sp³-hybridized carbons (Fsp3) is 0.692. The third-order valence-electron chi connectivity index (χ3n) is 13.0. The normalized spacial score (nSPS) is 39.3. The predicted molar refractivity (Wildman–Crippen MR) is 171 cm³/mol. The zero-order chi connectivity index (χ0) is 27.6. The first-order valence-electron chi connectivity index (χ1n) is 17.8. The molecule has 0 aromatic heterocycles. The van der Waals surface area contributed by atoms with Gasteiger partial charge in [0.05, 0.1) is 0 Å². The Hall–Kier alpha value is -1.96. The lowest BCUT2D eigenvalue weighted by atomic mass is 9.76. The van der Waals surface area contributed by atoms with Gasteiger partial charge in [-0.2, -0.15) is 0 Å². The van der Waals surface area contributed by atoms with Crippen molar-refractivity contribution in [1.29, 1.82) is 0 Å². The van der Waals surface area contributed by atoms with Crippen LogP contribution in [0.3, 0.4) is 0 Å². The van der Waals surface area contributed by atoms with Gasteiger partial charge in [0.2, 0.25) is 0 Å². The summed E-state index contributed by atoms with van der Waals surface area (Å²) in [5.74, 6) is 2.39. The molecule has 0 aromatic carbocycles. The number of allylic oxidation sites excluding steroid dienone is 7. The molecule has 0 spiro atoms. The van der Waals surface area contributed by atoms with Gasteiger partial charge in [-0.15, -0.1) is 0 Å². The lowest BCUT2D eigenvalue weighted by Crippen LogP contribution is -2.44. The molecule has 220 valence electrons. The van der Waals surface area contributed by atoms with Crippen LogP contribution in [0.2, 0.25) is 0 Å². The second-order valence-corrected chi connectivity index (χ2v) is 15.4. The topological polar surface area (TPSA) is 6.48 Å². The Bertz CT molecular complexity index is 1190. The van der Waals surface area contributed by atoms with Crippen molar-refractivity contribution >= 4 is 0 Å². The van der Waals surface area contributed by atoms with Crippen molar-refractivity contribution in [2.45, 2.75) is 147 Å². The molecular weight excluding hydrogens is 496 g/mol. The maximum atomic E-state index is 3.01. The molecule has 1 aliphatic heterocycles. The van der Waals surface area contributed by atoms with Crippen LogP contribution in [0.5, 0.6) is 0 Å². The average Bonchev–Trinajstić information content (AvgIpc) is 3.47. The highest BCUT2D eigenvalue weighted by Crippen LogP contribution is 2.61. The summed E-state index contributed by atoms with van der Waals surface area (Å²) >= 11 is 0. The first kappa shape index (κ1) is 26.7. The third kappa shape index (κ3) is 4.39. The van der Waals surface area contributed by atoms with Crippen LogP contribution < -0.4 is 0 Å². The van der Waals surface area contributed by atoms with Gasteiger partial charge in [-0.05, 0) is 127 Å². The molecule has 2 nitrogen and oxygen atoms in total. The van der Waals surface area contributed by atoms with E-state index in [0.29, 0.717) is 18.1 Å². The van der Waals surface area contributed by atoms with Gasteiger partial charge in [-0.1, -0.05) is 67.5 Å². The standard InChI is InChI=1S/C39H54N2/c1-39(2)35-25-29(40(27-13-5-3-6-14-27)28-15-7-4-8-16-28)21-23-31(35)32-24-22-30(26-36(32)39)41-37-19-11-9-17-33(37)34-18-10-12-20-38(34)41/h3,5,9,11,15,25-27,29-33,37H,4,6-8,10,12-14,16-24H2,1-2H3/t27?,29?,30?,31-,32?,33?,37?/m1/s1. The Morgan fingerprint density at radius 2 is 1.49 bits per heavy atom. The first-order valence-corrected chi connectivity index (χ1v) is 17.8. The Kier molecular flexibility index (Phi) is 6.92. The zero-order valence-corrected chi connectivity index (χ0v) is 26.0. The molecule has 7 atom stereocenters. The van der Waals surface area contributed by atoms with E-state index in [1.165, 1.54) is 109 Å². The molecule has 0 N–H and O–H groups in total. The molecule has 2 heteroatoms. The van der Waals surface area contributed by atoms with Crippen LogP contribution in [0, 0.1) is 23.2 Å². The van der Waals surface area contributed by atoms with Gasteiger partial charge < -0.3 is 9.80 Å². The summed E-state index contributed by atoms with van der Waals surface area (Å²) in [6, 6.07) is 2.66. The SMILES string of the molecule is CC1(C)C2=CC(N3C4=C(CCCC4)C4CC=CCC43)CCC2[C@H]2CCC(N(C3=CCCCC3)C3CC=CCC3)C=C21. The van der Waals surface area contributed by atoms with Crippen LogP contribution in [0.4, 0.5) is 0 Å². The molecule has 41 heavy (non-hydrogen) atoms.